The molecule has 0 saturated carbocycles. The third-order valence-corrected chi connectivity index (χ3v) is 11.3. The fourth-order valence-corrected chi connectivity index (χ4v) is 9.07. The number of aromatic nitrogens is 4. The van der Waals surface area contributed by atoms with Crippen LogP contribution >= 0.6 is 11.3 Å². The van der Waals surface area contributed by atoms with E-state index >= 15 is 0 Å². The minimum Gasteiger partial charge on any atom is -0.348 e. The predicted molar refractivity (Wildman–Crippen MR) is 181 cm³/mol. The van der Waals surface area contributed by atoms with E-state index in [0.717, 1.165) is 58.1 Å². The number of amides is 1. The van der Waals surface area contributed by atoms with Gasteiger partial charge in [-0.15, -0.1) is 11.3 Å². The van der Waals surface area contributed by atoms with Gasteiger partial charge in [-0.3, -0.25) is 19.3 Å². The van der Waals surface area contributed by atoms with Gasteiger partial charge in [-0.1, -0.05) is 23.4 Å². The van der Waals surface area contributed by atoms with E-state index in [4.69, 9.17) is 14.5 Å². The van der Waals surface area contributed by atoms with E-state index in [9.17, 15) is 22.8 Å². The van der Waals surface area contributed by atoms with E-state index < -0.39 is 17.4 Å². The molecule has 4 aromatic heterocycles. The van der Waals surface area contributed by atoms with Gasteiger partial charge in [0, 0.05) is 29.7 Å². The van der Waals surface area contributed by atoms with Gasteiger partial charge >= 0.3 is 5.76 Å². The van der Waals surface area contributed by atoms with Crippen molar-refractivity contribution in [2.75, 3.05) is 18.0 Å². The first-order valence-corrected chi connectivity index (χ1v) is 17.4. The van der Waals surface area contributed by atoms with Crippen molar-refractivity contribution < 1.29 is 22.5 Å². The highest BCUT2D eigenvalue weighted by atomic mass is 32.1. The van der Waals surface area contributed by atoms with Crippen molar-refractivity contribution in [3.63, 3.8) is 0 Å². The molecule has 9 nitrogen and oxygen atoms in total. The number of fused-ring (bicyclic) bond motifs is 4. The molecule has 2 fully saturated rings. The van der Waals surface area contributed by atoms with Gasteiger partial charge in [-0.2, -0.15) is 0 Å². The Morgan fingerprint density at radius 2 is 1.66 bits per heavy atom. The van der Waals surface area contributed by atoms with Crippen LogP contribution in [0.2, 0.25) is 0 Å². The molecule has 1 amide bonds. The summed E-state index contributed by atoms with van der Waals surface area (Å²) in [6, 6.07) is 13.9. The van der Waals surface area contributed by atoms with Crippen LogP contribution < -0.4 is 10.7 Å². The van der Waals surface area contributed by atoms with E-state index in [0.29, 0.717) is 59.6 Å². The summed E-state index contributed by atoms with van der Waals surface area (Å²) in [5, 5.41) is 4.98. The van der Waals surface area contributed by atoms with Crippen LogP contribution in [0.1, 0.15) is 70.6 Å². The van der Waals surface area contributed by atoms with E-state index in [1.807, 2.05) is 17.0 Å². The zero-order valence-corrected chi connectivity index (χ0v) is 27.4. The molecule has 3 aliphatic heterocycles. The van der Waals surface area contributed by atoms with Crippen molar-refractivity contribution in [1.29, 1.82) is 0 Å². The maximum Gasteiger partial charge on any atom is 0.439 e. The van der Waals surface area contributed by atoms with Crippen molar-refractivity contribution in [1.82, 2.24) is 25.0 Å². The topological polar surface area (TPSA) is 108 Å². The van der Waals surface area contributed by atoms with Crippen LogP contribution in [0.5, 0.6) is 0 Å². The number of rotatable bonds is 7. The maximum atomic E-state index is 14.3. The van der Waals surface area contributed by atoms with E-state index in [1.165, 1.54) is 29.5 Å². The summed E-state index contributed by atoms with van der Waals surface area (Å²) < 4.78 is 47.7. The highest BCUT2D eigenvalue weighted by molar-refractivity contribution is 7.23. The van der Waals surface area contributed by atoms with Crippen LogP contribution in [0, 0.1) is 17.5 Å². The molecule has 252 valence electrons. The zero-order valence-electron chi connectivity index (χ0n) is 26.6. The third kappa shape index (κ3) is 5.01. The van der Waals surface area contributed by atoms with E-state index in [-0.39, 0.29) is 29.6 Å². The molecule has 0 radical (unpaired) electrons. The molecule has 7 heterocycles. The molecule has 9 rings (SSSR count). The number of H-pyrrole nitrogens is 1. The summed E-state index contributed by atoms with van der Waals surface area (Å²) in [5.41, 5.74) is 4.56. The van der Waals surface area contributed by atoms with E-state index in [1.54, 1.807) is 24.4 Å². The van der Waals surface area contributed by atoms with Crippen molar-refractivity contribution in [2.45, 2.75) is 50.6 Å². The largest absolute Gasteiger partial charge is 0.439 e. The number of benzene rings is 2. The molecule has 50 heavy (non-hydrogen) atoms. The molecule has 2 atom stereocenters. The SMILES string of the molecule is O=C1c2c(nc(CCc3ccc(F)cc3)c(-c3noc(=O)[nH]3)c2-c2cc3ccnc(N4CCC[C@H]4c4ccc(F)c(F)c4)c3s2)[C@@H]2CCCN12. The van der Waals surface area contributed by atoms with Gasteiger partial charge in [0.25, 0.3) is 5.91 Å². The lowest BCUT2D eigenvalue weighted by Crippen LogP contribution is -2.23. The van der Waals surface area contributed by atoms with Crippen molar-refractivity contribution in [3.8, 4) is 21.8 Å². The number of thiophene rings is 1. The number of aromatic amines is 1. The molecule has 0 spiro atoms. The average Bonchev–Trinajstić information content (AvgIpc) is 3.96. The molecule has 2 saturated heterocycles. The first-order chi connectivity index (χ1) is 24.3. The monoisotopic (exact) mass is 694 g/mol. The standard InChI is InChI=1S/C37H29F3N6O3S/c38-22-9-5-19(6-10-22)7-12-25-29(34-43-37(48)49-44-34)30(31-32(42-25)27-4-2-16-46(27)36(31)47)28-18-21-13-14-41-35(33(21)50-28)45-15-1-3-26(45)20-8-11-23(39)24(40)17-20/h5-6,8-11,13-14,17-18,26-27H,1-4,7,12,15-16H2,(H,43,44,48)/t26-,27-/m0/s1. The lowest BCUT2D eigenvalue weighted by molar-refractivity contribution is 0.0776. The summed E-state index contributed by atoms with van der Waals surface area (Å²) in [6.07, 6.45) is 5.97. The van der Waals surface area contributed by atoms with Gasteiger partial charge in [0.15, 0.2) is 17.5 Å². The third-order valence-electron chi connectivity index (χ3n) is 10.1. The Morgan fingerprint density at radius 1 is 0.860 bits per heavy atom. The number of nitrogens with zero attached hydrogens (tertiary/aromatic N) is 5. The second-order valence-electron chi connectivity index (χ2n) is 13.0. The minimum absolute atomic E-state index is 0.115. The fourth-order valence-electron chi connectivity index (χ4n) is 7.85. The lowest BCUT2D eigenvalue weighted by atomic mass is 9.92. The second kappa shape index (κ2) is 11.9. The van der Waals surface area contributed by atoms with Gasteiger partial charge in [-0.25, -0.2) is 22.9 Å². The number of hydrogen-bond acceptors (Lipinski definition) is 8. The lowest BCUT2D eigenvalue weighted by Gasteiger charge is -2.26. The van der Waals surface area contributed by atoms with Crippen LogP contribution in [-0.2, 0) is 12.8 Å². The van der Waals surface area contributed by atoms with Gasteiger partial charge in [0.2, 0.25) is 0 Å². The second-order valence-corrected chi connectivity index (χ2v) is 14.0. The zero-order chi connectivity index (χ0) is 34.1. The predicted octanol–water partition coefficient (Wildman–Crippen LogP) is 7.54. The summed E-state index contributed by atoms with van der Waals surface area (Å²) in [5.74, 6) is -2.05. The molecule has 2 aromatic carbocycles. The molecule has 1 N–H and O–H groups in total. The van der Waals surface area contributed by atoms with E-state index in [2.05, 4.69) is 15.0 Å². The molecule has 13 heteroatoms. The molecule has 3 aliphatic rings. The molecule has 6 aromatic rings. The number of aryl methyl sites for hydroxylation is 2. The summed E-state index contributed by atoms with van der Waals surface area (Å²) in [6.45, 7) is 1.31. The Morgan fingerprint density at radius 3 is 2.44 bits per heavy atom. The quantitative estimate of drug-likeness (QED) is 0.184. The van der Waals surface area contributed by atoms with Crippen LogP contribution in [0.4, 0.5) is 19.0 Å². The average molecular weight is 695 g/mol. The summed E-state index contributed by atoms with van der Waals surface area (Å²) in [7, 11) is 0. The molecule has 0 aliphatic carbocycles. The van der Waals surface area contributed by atoms with Crippen LogP contribution in [-0.4, -0.2) is 44.0 Å². The molecule has 0 bridgehead atoms. The summed E-state index contributed by atoms with van der Waals surface area (Å²) in [4.78, 5) is 43.9. The number of carbonyl (C=O) groups excluding carboxylic acids is 1. The highest BCUT2D eigenvalue weighted by Crippen LogP contribution is 2.51. The Balaban J connectivity index is 1.23. The minimum atomic E-state index is -0.886. The van der Waals surface area contributed by atoms with Crippen molar-refractivity contribution in [2.24, 2.45) is 0 Å². The van der Waals surface area contributed by atoms with Gasteiger partial charge in [0.1, 0.15) is 11.6 Å². The number of nitrogens with one attached hydrogen (secondary N) is 1. The van der Waals surface area contributed by atoms with Crippen molar-refractivity contribution >= 4 is 33.1 Å². The molecular formula is C37H29F3N6O3S. The fraction of sp³-hybridized carbons (Fsp3) is 0.270. The van der Waals surface area contributed by atoms with Crippen LogP contribution in [0.3, 0.4) is 0 Å². The van der Waals surface area contributed by atoms with Gasteiger partial charge < -0.3 is 9.80 Å². The highest BCUT2D eigenvalue weighted by Gasteiger charge is 2.45. The number of pyridine rings is 2. The Bertz CT molecular complexity index is 2370. The Labute approximate surface area is 287 Å². The van der Waals surface area contributed by atoms with Crippen molar-refractivity contribution in [3.05, 3.63) is 117 Å². The number of carbonyl (C=O) groups is 1. The number of anilines is 1. The number of hydrogen-bond donors (Lipinski definition) is 1. The Hall–Kier alpha value is -5.30. The Kier molecular flexibility index (Phi) is 7.34. The first-order valence-electron chi connectivity index (χ1n) is 16.6. The first kappa shape index (κ1) is 30.7. The molecule has 0 unspecified atom stereocenters. The maximum absolute atomic E-state index is 14.3. The normalized spacial score (nSPS) is 18.4. The summed E-state index contributed by atoms with van der Waals surface area (Å²) >= 11 is 1.47. The number of halogens is 3. The van der Waals surface area contributed by atoms with Gasteiger partial charge in [0.05, 0.1) is 39.3 Å². The van der Waals surface area contributed by atoms with Crippen LogP contribution in [0.25, 0.3) is 31.9 Å². The molecular weight excluding hydrogens is 666 g/mol. The smallest absolute Gasteiger partial charge is 0.348 e. The van der Waals surface area contributed by atoms with Crippen LogP contribution in [0.15, 0.2) is 70.1 Å². The van der Waals surface area contributed by atoms with Gasteiger partial charge in [-0.05, 0) is 91.4 Å².